The van der Waals surface area contributed by atoms with Crippen molar-refractivity contribution in [3.05, 3.63) is 65.5 Å². The molecule has 0 atom stereocenters. The molecule has 5 nitrogen and oxygen atoms in total. The van der Waals surface area contributed by atoms with Crippen LogP contribution in [0.5, 0.6) is 0 Å². The molecule has 130 valence electrons. The van der Waals surface area contributed by atoms with E-state index in [2.05, 4.69) is 9.88 Å². The summed E-state index contributed by atoms with van der Waals surface area (Å²) in [5, 5.41) is 0. The standard InChI is InChI=1S/C20H23N3O2/c1-16-2-4-17(5-3-16)19(24)8-11-22-12-14-23(15-13-22)20(25)18-6-9-21-10-7-18/h2-7,9-10H,8,11-15H2,1H3. The van der Waals surface area contributed by atoms with Gasteiger partial charge in [0.25, 0.3) is 5.91 Å². The number of carbonyl (C=O) groups is 2. The number of piperazine rings is 1. The number of benzene rings is 1. The molecule has 3 rings (SSSR count). The van der Waals surface area contributed by atoms with E-state index in [1.807, 2.05) is 36.1 Å². The number of ketones is 1. The highest BCUT2D eigenvalue weighted by Gasteiger charge is 2.22. The van der Waals surface area contributed by atoms with E-state index in [4.69, 9.17) is 0 Å². The molecule has 1 aromatic heterocycles. The quantitative estimate of drug-likeness (QED) is 0.786. The van der Waals surface area contributed by atoms with Gasteiger partial charge in [-0.2, -0.15) is 0 Å². The van der Waals surface area contributed by atoms with Gasteiger partial charge in [-0.15, -0.1) is 0 Å². The van der Waals surface area contributed by atoms with Gasteiger partial charge in [0.15, 0.2) is 5.78 Å². The highest BCUT2D eigenvalue weighted by atomic mass is 16.2. The first-order chi connectivity index (χ1) is 12.1. The van der Waals surface area contributed by atoms with Crippen molar-refractivity contribution in [3.8, 4) is 0 Å². The lowest BCUT2D eigenvalue weighted by Crippen LogP contribution is -2.49. The van der Waals surface area contributed by atoms with Gasteiger partial charge in [0.05, 0.1) is 0 Å². The molecule has 0 radical (unpaired) electrons. The van der Waals surface area contributed by atoms with Crippen LogP contribution in [0.25, 0.3) is 0 Å². The van der Waals surface area contributed by atoms with Gasteiger partial charge in [-0.25, -0.2) is 0 Å². The van der Waals surface area contributed by atoms with Crippen LogP contribution in [0.1, 0.15) is 32.7 Å². The lowest BCUT2D eigenvalue weighted by molar-refractivity contribution is 0.0628. The largest absolute Gasteiger partial charge is 0.336 e. The number of aromatic nitrogens is 1. The van der Waals surface area contributed by atoms with E-state index in [1.165, 1.54) is 0 Å². The van der Waals surface area contributed by atoms with Gasteiger partial charge in [-0.3, -0.25) is 19.5 Å². The van der Waals surface area contributed by atoms with Gasteiger partial charge in [0, 0.05) is 62.7 Å². The van der Waals surface area contributed by atoms with Gasteiger partial charge < -0.3 is 4.90 Å². The summed E-state index contributed by atoms with van der Waals surface area (Å²) in [5.74, 6) is 0.230. The molecule has 1 amide bonds. The summed E-state index contributed by atoms with van der Waals surface area (Å²) in [5.41, 5.74) is 2.61. The number of Topliss-reactive ketones (excluding diaryl/α,β-unsaturated/α-hetero) is 1. The Morgan fingerprint density at radius 2 is 1.56 bits per heavy atom. The summed E-state index contributed by atoms with van der Waals surface area (Å²) in [6.07, 6.45) is 3.79. The number of aryl methyl sites for hydroxylation is 1. The van der Waals surface area contributed by atoms with Gasteiger partial charge >= 0.3 is 0 Å². The van der Waals surface area contributed by atoms with E-state index in [0.717, 1.165) is 30.8 Å². The minimum absolute atomic E-state index is 0.0535. The van der Waals surface area contributed by atoms with Crippen molar-refractivity contribution < 1.29 is 9.59 Å². The summed E-state index contributed by atoms with van der Waals surface area (Å²) in [6.45, 7) is 5.75. The van der Waals surface area contributed by atoms with E-state index in [1.54, 1.807) is 24.5 Å². The first-order valence-corrected chi connectivity index (χ1v) is 8.65. The van der Waals surface area contributed by atoms with Crippen LogP contribution in [0.2, 0.25) is 0 Å². The zero-order chi connectivity index (χ0) is 17.6. The molecule has 0 aliphatic carbocycles. The van der Waals surface area contributed by atoms with Gasteiger partial charge in [-0.05, 0) is 19.1 Å². The predicted molar refractivity (Wildman–Crippen MR) is 96.7 cm³/mol. The van der Waals surface area contributed by atoms with Crippen LogP contribution in [0.4, 0.5) is 0 Å². The molecule has 0 bridgehead atoms. The topological polar surface area (TPSA) is 53.5 Å². The molecule has 0 unspecified atom stereocenters. The number of carbonyl (C=O) groups excluding carboxylic acids is 2. The van der Waals surface area contributed by atoms with Crippen molar-refractivity contribution in [2.45, 2.75) is 13.3 Å². The first-order valence-electron chi connectivity index (χ1n) is 8.65. The smallest absolute Gasteiger partial charge is 0.254 e. The van der Waals surface area contributed by atoms with E-state index < -0.39 is 0 Å². The number of hydrogen-bond donors (Lipinski definition) is 0. The van der Waals surface area contributed by atoms with Gasteiger partial charge in [-0.1, -0.05) is 29.8 Å². The van der Waals surface area contributed by atoms with Crippen LogP contribution < -0.4 is 0 Å². The van der Waals surface area contributed by atoms with E-state index in [-0.39, 0.29) is 11.7 Å². The lowest BCUT2D eigenvalue weighted by Gasteiger charge is -2.34. The number of nitrogens with zero attached hydrogens (tertiary/aromatic N) is 3. The minimum Gasteiger partial charge on any atom is -0.336 e. The Bertz CT molecular complexity index is 720. The van der Waals surface area contributed by atoms with E-state index in [0.29, 0.717) is 25.1 Å². The Morgan fingerprint density at radius 1 is 0.920 bits per heavy atom. The summed E-state index contributed by atoms with van der Waals surface area (Å²) in [6, 6.07) is 11.2. The van der Waals surface area contributed by atoms with E-state index in [9.17, 15) is 9.59 Å². The fourth-order valence-electron chi connectivity index (χ4n) is 3.00. The second-order valence-electron chi connectivity index (χ2n) is 6.41. The van der Waals surface area contributed by atoms with Crippen LogP contribution in [-0.4, -0.2) is 59.2 Å². The summed E-state index contributed by atoms with van der Waals surface area (Å²) < 4.78 is 0. The van der Waals surface area contributed by atoms with Crippen molar-refractivity contribution in [2.75, 3.05) is 32.7 Å². The molecular weight excluding hydrogens is 314 g/mol. The molecule has 0 spiro atoms. The number of rotatable bonds is 5. The maximum absolute atomic E-state index is 12.4. The maximum atomic E-state index is 12.4. The summed E-state index contributed by atoms with van der Waals surface area (Å²) in [7, 11) is 0. The Morgan fingerprint density at radius 3 is 2.20 bits per heavy atom. The van der Waals surface area contributed by atoms with Gasteiger partial charge in [0.1, 0.15) is 0 Å². The second-order valence-corrected chi connectivity index (χ2v) is 6.41. The van der Waals surface area contributed by atoms with E-state index >= 15 is 0 Å². The van der Waals surface area contributed by atoms with Gasteiger partial charge in [0.2, 0.25) is 0 Å². The molecule has 0 N–H and O–H groups in total. The number of hydrogen-bond acceptors (Lipinski definition) is 4. The fourth-order valence-corrected chi connectivity index (χ4v) is 3.00. The Hall–Kier alpha value is -2.53. The Labute approximate surface area is 148 Å². The third kappa shape index (κ3) is 4.51. The van der Waals surface area contributed by atoms with Crippen LogP contribution in [0.15, 0.2) is 48.8 Å². The maximum Gasteiger partial charge on any atom is 0.254 e. The average molecular weight is 337 g/mol. The monoisotopic (exact) mass is 337 g/mol. The molecule has 1 saturated heterocycles. The predicted octanol–water partition coefficient (Wildman–Crippen LogP) is 2.42. The van der Waals surface area contributed by atoms with Crippen molar-refractivity contribution >= 4 is 11.7 Å². The van der Waals surface area contributed by atoms with Crippen molar-refractivity contribution in [2.24, 2.45) is 0 Å². The third-order valence-corrected chi connectivity index (χ3v) is 4.62. The van der Waals surface area contributed by atoms with Crippen molar-refractivity contribution in [3.63, 3.8) is 0 Å². The zero-order valence-corrected chi connectivity index (χ0v) is 14.5. The van der Waals surface area contributed by atoms with Crippen LogP contribution in [-0.2, 0) is 0 Å². The normalized spacial score (nSPS) is 15.2. The summed E-state index contributed by atoms with van der Waals surface area (Å²) in [4.78, 5) is 32.7. The third-order valence-electron chi connectivity index (χ3n) is 4.62. The minimum atomic E-state index is 0.0535. The molecule has 1 aliphatic heterocycles. The molecule has 2 heterocycles. The highest BCUT2D eigenvalue weighted by molar-refractivity contribution is 5.96. The molecular formula is C20H23N3O2. The molecule has 25 heavy (non-hydrogen) atoms. The SMILES string of the molecule is Cc1ccc(C(=O)CCN2CCN(C(=O)c3ccncc3)CC2)cc1. The van der Waals surface area contributed by atoms with Crippen molar-refractivity contribution in [1.29, 1.82) is 0 Å². The summed E-state index contributed by atoms with van der Waals surface area (Å²) >= 11 is 0. The lowest BCUT2D eigenvalue weighted by atomic mass is 10.1. The molecule has 5 heteroatoms. The van der Waals surface area contributed by atoms with Crippen molar-refractivity contribution in [1.82, 2.24) is 14.8 Å². The molecule has 1 aromatic carbocycles. The van der Waals surface area contributed by atoms with Crippen LogP contribution in [0, 0.1) is 6.92 Å². The average Bonchev–Trinajstić information content (AvgIpc) is 2.67. The second kappa shape index (κ2) is 8.03. The number of pyridine rings is 1. The number of amides is 1. The zero-order valence-electron chi connectivity index (χ0n) is 14.5. The Kier molecular flexibility index (Phi) is 5.56. The Balaban J connectivity index is 1.45. The highest BCUT2D eigenvalue weighted by Crippen LogP contribution is 2.10. The van der Waals surface area contributed by atoms with Crippen LogP contribution in [0.3, 0.4) is 0 Å². The molecule has 1 fully saturated rings. The fraction of sp³-hybridized carbons (Fsp3) is 0.350. The molecule has 2 aromatic rings. The molecule has 1 aliphatic rings. The first kappa shape index (κ1) is 17.3. The molecule has 0 saturated carbocycles. The van der Waals surface area contributed by atoms with Crippen LogP contribution >= 0.6 is 0 Å².